The summed E-state index contributed by atoms with van der Waals surface area (Å²) >= 11 is 1.83. The summed E-state index contributed by atoms with van der Waals surface area (Å²) < 4.78 is 0. The first-order valence-corrected chi connectivity index (χ1v) is 6.75. The van der Waals surface area contributed by atoms with Gasteiger partial charge in [0.25, 0.3) is 0 Å². The fraction of sp³-hybridized carbons (Fsp3) is 0.667. The lowest BCUT2D eigenvalue weighted by atomic mass is 10.4. The molecule has 1 aromatic heterocycles. The van der Waals surface area contributed by atoms with Gasteiger partial charge in [0.1, 0.15) is 0 Å². The van der Waals surface area contributed by atoms with Crippen LogP contribution in [0.2, 0.25) is 0 Å². The summed E-state index contributed by atoms with van der Waals surface area (Å²) in [6, 6.07) is 5.21. The quantitative estimate of drug-likeness (QED) is 0.715. The van der Waals surface area contributed by atoms with E-state index in [9.17, 15) is 0 Å². The lowest BCUT2D eigenvalue weighted by Gasteiger charge is -2.19. The molecule has 0 unspecified atom stereocenters. The van der Waals surface area contributed by atoms with Gasteiger partial charge in [-0.05, 0) is 30.8 Å². The molecular weight excluding hydrogens is 204 g/mol. The highest BCUT2D eigenvalue weighted by molar-refractivity contribution is 7.09. The number of hydrogen-bond acceptors (Lipinski definition) is 3. The van der Waals surface area contributed by atoms with E-state index in [0.717, 1.165) is 19.1 Å². The van der Waals surface area contributed by atoms with Crippen molar-refractivity contribution >= 4 is 11.3 Å². The van der Waals surface area contributed by atoms with Crippen LogP contribution in [0.15, 0.2) is 17.5 Å². The smallest absolute Gasteiger partial charge is 0.0300 e. The van der Waals surface area contributed by atoms with Crippen molar-refractivity contribution in [3.8, 4) is 0 Å². The van der Waals surface area contributed by atoms with Crippen molar-refractivity contribution in [2.24, 2.45) is 0 Å². The van der Waals surface area contributed by atoms with Crippen LogP contribution in [0.4, 0.5) is 0 Å². The molecular formula is C12H20N2S. The third-order valence-corrected chi connectivity index (χ3v) is 3.80. The van der Waals surface area contributed by atoms with Crippen molar-refractivity contribution < 1.29 is 0 Å². The maximum absolute atomic E-state index is 3.50. The molecule has 2 nitrogen and oxygen atoms in total. The van der Waals surface area contributed by atoms with Crippen LogP contribution in [0.1, 0.15) is 24.6 Å². The Bertz CT molecular complexity index is 267. The van der Waals surface area contributed by atoms with E-state index in [1.165, 1.54) is 30.8 Å². The average Bonchev–Trinajstić information content (AvgIpc) is 2.95. The van der Waals surface area contributed by atoms with E-state index in [1.807, 2.05) is 11.3 Å². The number of likely N-dealkylation sites (N-methyl/N-ethyl adjacent to an activating group) is 1. The first kappa shape index (κ1) is 11.1. The highest BCUT2D eigenvalue weighted by Gasteiger charge is 2.26. The van der Waals surface area contributed by atoms with Gasteiger partial charge in [-0.25, -0.2) is 0 Å². The third-order valence-electron chi connectivity index (χ3n) is 2.92. The molecule has 3 heteroatoms. The van der Waals surface area contributed by atoms with Gasteiger partial charge in [0.2, 0.25) is 0 Å². The lowest BCUT2D eigenvalue weighted by Crippen LogP contribution is -2.33. The van der Waals surface area contributed by atoms with Crippen LogP contribution in [-0.2, 0) is 6.54 Å². The second-order valence-electron chi connectivity index (χ2n) is 4.12. The summed E-state index contributed by atoms with van der Waals surface area (Å²) in [7, 11) is 0. The van der Waals surface area contributed by atoms with Crippen molar-refractivity contribution in [2.75, 3.05) is 19.6 Å². The van der Waals surface area contributed by atoms with E-state index >= 15 is 0 Å². The van der Waals surface area contributed by atoms with Gasteiger partial charge in [0, 0.05) is 30.6 Å². The molecule has 84 valence electrons. The summed E-state index contributed by atoms with van der Waals surface area (Å²) in [4.78, 5) is 4.02. The van der Waals surface area contributed by atoms with E-state index in [2.05, 4.69) is 34.7 Å². The predicted molar refractivity (Wildman–Crippen MR) is 66.3 cm³/mol. The molecule has 0 spiro atoms. The zero-order chi connectivity index (χ0) is 10.5. The molecule has 0 saturated heterocycles. The monoisotopic (exact) mass is 224 g/mol. The maximum Gasteiger partial charge on any atom is 0.0300 e. The van der Waals surface area contributed by atoms with Crippen molar-refractivity contribution in [2.45, 2.75) is 32.4 Å². The van der Waals surface area contributed by atoms with Crippen LogP contribution in [0.5, 0.6) is 0 Å². The summed E-state index contributed by atoms with van der Waals surface area (Å²) in [6.07, 6.45) is 2.83. The van der Waals surface area contributed by atoms with E-state index in [-0.39, 0.29) is 0 Å². The average molecular weight is 224 g/mol. The first-order chi connectivity index (χ1) is 7.40. The fourth-order valence-corrected chi connectivity index (χ4v) is 2.56. The van der Waals surface area contributed by atoms with Crippen LogP contribution in [-0.4, -0.2) is 30.6 Å². The van der Waals surface area contributed by atoms with Crippen LogP contribution in [0, 0.1) is 0 Å². The van der Waals surface area contributed by atoms with Crippen molar-refractivity contribution in [1.82, 2.24) is 10.2 Å². The Balaban J connectivity index is 1.58. The number of thiophene rings is 1. The van der Waals surface area contributed by atoms with E-state index in [1.54, 1.807) is 0 Å². The molecule has 1 heterocycles. The Morgan fingerprint density at radius 1 is 1.53 bits per heavy atom. The van der Waals surface area contributed by atoms with E-state index in [4.69, 9.17) is 0 Å². The highest BCUT2D eigenvalue weighted by atomic mass is 32.1. The molecule has 1 N–H and O–H groups in total. The van der Waals surface area contributed by atoms with Crippen LogP contribution >= 0.6 is 11.3 Å². The molecule has 0 bridgehead atoms. The molecule has 1 fully saturated rings. The number of nitrogens with zero attached hydrogens (tertiary/aromatic N) is 1. The van der Waals surface area contributed by atoms with Crippen LogP contribution in [0.3, 0.4) is 0 Å². The standard InChI is InChI=1S/C12H20N2S/c1-2-14(11-5-6-11)8-7-13-10-12-4-3-9-15-12/h3-4,9,11,13H,2,5-8,10H2,1H3. The molecule has 0 radical (unpaired) electrons. The number of hydrogen-bond donors (Lipinski definition) is 1. The van der Waals surface area contributed by atoms with E-state index in [0.29, 0.717) is 0 Å². The Hall–Kier alpha value is -0.380. The predicted octanol–water partition coefficient (Wildman–Crippen LogP) is 2.32. The summed E-state index contributed by atoms with van der Waals surface area (Å²) in [5.74, 6) is 0. The largest absolute Gasteiger partial charge is 0.311 e. The second-order valence-corrected chi connectivity index (χ2v) is 5.15. The molecule has 0 aliphatic heterocycles. The van der Waals surface area contributed by atoms with Gasteiger partial charge in [0.05, 0.1) is 0 Å². The van der Waals surface area contributed by atoms with Gasteiger partial charge in [0.15, 0.2) is 0 Å². The molecule has 2 rings (SSSR count). The maximum atomic E-state index is 3.50. The van der Waals surface area contributed by atoms with Gasteiger partial charge in [-0.1, -0.05) is 13.0 Å². The third kappa shape index (κ3) is 3.59. The Kier molecular flexibility index (Phi) is 4.18. The van der Waals surface area contributed by atoms with Gasteiger partial charge in [-0.15, -0.1) is 11.3 Å². The minimum atomic E-state index is 0.901. The van der Waals surface area contributed by atoms with Crippen molar-refractivity contribution in [3.63, 3.8) is 0 Å². The van der Waals surface area contributed by atoms with Crippen LogP contribution in [0.25, 0.3) is 0 Å². The van der Waals surface area contributed by atoms with Crippen molar-refractivity contribution in [3.05, 3.63) is 22.4 Å². The molecule has 1 saturated carbocycles. The lowest BCUT2D eigenvalue weighted by molar-refractivity contribution is 0.277. The zero-order valence-electron chi connectivity index (χ0n) is 9.41. The zero-order valence-corrected chi connectivity index (χ0v) is 10.2. The number of nitrogens with one attached hydrogen (secondary N) is 1. The first-order valence-electron chi connectivity index (χ1n) is 5.87. The van der Waals surface area contributed by atoms with Gasteiger partial charge < -0.3 is 5.32 Å². The van der Waals surface area contributed by atoms with Gasteiger partial charge in [-0.2, -0.15) is 0 Å². The normalized spacial score (nSPS) is 16.1. The minimum Gasteiger partial charge on any atom is -0.311 e. The summed E-state index contributed by atoms with van der Waals surface area (Å²) in [5.41, 5.74) is 0. The molecule has 0 atom stereocenters. The van der Waals surface area contributed by atoms with E-state index < -0.39 is 0 Å². The van der Waals surface area contributed by atoms with Gasteiger partial charge in [-0.3, -0.25) is 4.90 Å². The summed E-state index contributed by atoms with van der Waals surface area (Å²) in [6.45, 7) is 6.80. The SMILES string of the molecule is CCN(CCNCc1cccs1)C1CC1. The Labute approximate surface area is 96.3 Å². The summed E-state index contributed by atoms with van der Waals surface area (Å²) in [5, 5.41) is 5.64. The number of rotatable bonds is 7. The highest BCUT2D eigenvalue weighted by Crippen LogP contribution is 2.25. The Morgan fingerprint density at radius 3 is 3.00 bits per heavy atom. The molecule has 1 aliphatic rings. The fourth-order valence-electron chi connectivity index (χ4n) is 1.89. The molecule has 0 amide bonds. The molecule has 1 aliphatic carbocycles. The van der Waals surface area contributed by atoms with Crippen LogP contribution < -0.4 is 5.32 Å². The topological polar surface area (TPSA) is 15.3 Å². The molecule has 15 heavy (non-hydrogen) atoms. The Morgan fingerprint density at radius 2 is 2.40 bits per heavy atom. The minimum absolute atomic E-state index is 0.901. The molecule has 0 aromatic carbocycles. The van der Waals surface area contributed by atoms with Gasteiger partial charge >= 0.3 is 0 Å². The second kappa shape index (κ2) is 5.64. The van der Waals surface area contributed by atoms with Crippen molar-refractivity contribution in [1.29, 1.82) is 0 Å². The molecule has 1 aromatic rings.